The van der Waals surface area contributed by atoms with Crippen LogP contribution in [0.3, 0.4) is 0 Å². The Morgan fingerprint density at radius 1 is 1.22 bits per heavy atom. The van der Waals surface area contributed by atoms with Gasteiger partial charge in [0.15, 0.2) is 23.5 Å². The number of aromatic amines is 1. The Bertz CT molecular complexity index is 1370. The number of H-pyrrole nitrogens is 1. The van der Waals surface area contributed by atoms with Crippen molar-refractivity contribution in [3.63, 3.8) is 0 Å². The van der Waals surface area contributed by atoms with Gasteiger partial charge in [0.05, 0.1) is 12.9 Å². The van der Waals surface area contributed by atoms with Crippen LogP contribution < -0.4 is 5.73 Å². The number of carbonyl (C=O) groups is 1. The Morgan fingerprint density at radius 2 is 2.00 bits per heavy atom. The van der Waals surface area contributed by atoms with Gasteiger partial charge in [-0.25, -0.2) is 14.8 Å². The van der Waals surface area contributed by atoms with E-state index < -0.39 is 42.7 Å². The molecule has 1 aromatic carbocycles. The van der Waals surface area contributed by atoms with E-state index in [1.54, 1.807) is 30.3 Å². The molecular weight excluding hydrogens is 496 g/mol. The molecule has 0 radical (unpaired) electrons. The number of aliphatic carboxylic acids is 1. The molecule has 1 fully saturated rings. The number of aliphatic hydroxyl groups is 2. The molecule has 1 aliphatic rings. The van der Waals surface area contributed by atoms with Crippen LogP contribution in [0.2, 0.25) is 5.28 Å². The number of fused-ring (bicyclic) bond motifs is 1. The third-order valence-electron chi connectivity index (χ3n) is 5.94. The van der Waals surface area contributed by atoms with Crippen molar-refractivity contribution in [3.05, 3.63) is 59.7 Å². The number of halogens is 1. The van der Waals surface area contributed by atoms with Gasteiger partial charge < -0.3 is 30.5 Å². The van der Waals surface area contributed by atoms with E-state index in [0.717, 1.165) is 0 Å². The summed E-state index contributed by atoms with van der Waals surface area (Å²) in [7, 11) is 0. The molecule has 4 heterocycles. The minimum absolute atomic E-state index is 0.0373. The average molecular weight is 517 g/mol. The molecular formula is C21H21ClN8O6. The minimum atomic E-state index is -2.00. The van der Waals surface area contributed by atoms with Gasteiger partial charge in [0, 0.05) is 6.42 Å². The Balaban J connectivity index is 1.42. The number of benzene rings is 1. The fourth-order valence-electron chi connectivity index (χ4n) is 4.13. The van der Waals surface area contributed by atoms with E-state index in [9.17, 15) is 20.1 Å². The number of aliphatic hydroxyl groups excluding tert-OH is 2. The second-order valence-electron chi connectivity index (χ2n) is 8.18. The van der Waals surface area contributed by atoms with Gasteiger partial charge in [-0.15, -0.1) is 0 Å². The van der Waals surface area contributed by atoms with Gasteiger partial charge in [0.25, 0.3) is 0 Å². The second-order valence-corrected chi connectivity index (χ2v) is 8.51. The first kappa shape index (κ1) is 24.0. The number of nitrogen functional groups attached to an aromatic ring is 1. The predicted molar refractivity (Wildman–Crippen MR) is 122 cm³/mol. The summed E-state index contributed by atoms with van der Waals surface area (Å²) < 4.78 is 13.1. The van der Waals surface area contributed by atoms with Crippen LogP contribution in [0.5, 0.6) is 0 Å². The Hall–Kier alpha value is -3.69. The van der Waals surface area contributed by atoms with Crippen molar-refractivity contribution in [2.75, 3.05) is 12.3 Å². The number of aromatic nitrogens is 7. The lowest BCUT2D eigenvalue weighted by Gasteiger charge is -2.29. The number of rotatable bonds is 8. The Kier molecular flexibility index (Phi) is 6.27. The highest BCUT2D eigenvalue weighted by Gasteiger charge is 2.49. The fraction of sp³-hybridized carbons (Fsp3) is 0.333. The largest absolute Gasteiger partial charge is 0.479 e. The Labute approximate surface area is 207 Å². The molecule has 15 heteroatoms. The predicted octanol–water partition coefficient (Wildman–Crippen LogP) is 0.0386. The summed E-state index contributed by atoms with van der Waals surface area (Å²) in [5.41, 5.74) is 4.93. The van der Waals surface area contributed by atoms with Gasteiger partial charge in [-0.1, -0.05) is 30.3 Å². The number of nitrogens with one attached hydrogen (secondary N) is 1. The van der Waals surface area contributed by atoms with E-state index in [-0.39, 0.29) is 34.5 Å². The lowest BCUT2D eigenvalue weighted by Crippen LogP contribution is -2.45. The minimum Gasteiger partial charge on any atom is -0.479 e. The molecule has 0 spiro atoms. The lowest BCUT2D eigenvalue weighted by atomic mass is 9.93. The molecule has 0 aliphatic carbocycles. The number of carboxylic acids is 1. The molecule has 36 heavy (non-hydrogen) atoms. The van der Waals surface area contributed by atoms with Crippen LogP contribution in [0, 0.1) is 0 Å². The van der Waals surface area contributed by atoms with Crippen molar-refractivity contribution >= 4 is 34.6 Å². The van der Waals surface area contributed by atoms with Gasteiger partial charge in [0.1, 0.15) is 30.2 Å². The third kappa shape index (κ3) is 4.14. The van der Waals surface area contributed by atoms with Crippen molar-refractivity contribution < 1.29 is 29.6 Å². The lowest BCUT2D eigenvalue weighted by molar-refractivity contribution is -0.177. The number of nitrogens with two attached hydrogens (primary N) is 1. The monoisotopic (exact) mass is 516 g/mol. The SMILES string of the molecule is Nc1nc(Cl)nc2c1ncn2[C@@H]1O[C@H](CO[C@@](Cc2ccccc2)(C(=O)O)c2nc[nH]n2)[C@@H](O)[C@H]1O. The maximum Gasteiger partial charge on any atom is 0.344 e. The summed E-state index contributed by atoms with van der Waals surface area (Å²) in [4.78, 5) is 28.6. The van der Waals surface area contributed by atoms with Crippen molar-refractivity contribution in [1.82, 2.24) is 34.7 Å². The number of hydrogen-bond donors (Lipinski definition) is 5. The molecule has 14 nitrogen and oxygen atoms in total. The topological polar surface area (TPSA) is 207 Å². The van der Waals surface area contributed by atoms with Crippen LogP contribution in [0.25, 0.3) is 11.2 Å². The highest BCUT2D eigenvalue weighted by Crippen LogP contribution is 2.35. The van der Waals surface area contributed by atoms with Gasteiger partial charge in [-0.05, 0) is 17.2 Å². The number of imidazole rings is 1. The van der Waals surface area contributed by atoms with Gasteiger partial charge in [-0.3, -0.25) is 9.67 Å². The highest BCUT2D eigenvalue weighted by atomic mass is 35.5. The number of anilines is 1. The first-order valence-electron chi connectivity index (χ1n) is 10.7. The molecule has 0 bridgehead atoms. The van der Waals surface area contributed by atoms with Crippen molar-refractivity contribution in [1.29, 1.82) is 0 Å². The second kappa shape index (κ2) is 9.40. The molecule has 6 N–H and O–H groups in total. The van der Waals surface area contributed by atoms with E-state index >= 15 is 0 Å². The number of carboxylic acid groups (broad SMARTS) is 1. The molecule has 5 atom stereocenters. The molecule has 5 rings (SSSR count). The van der Waals surface area contributed by atoms with Crippen LogP contribution in [-0.2, 0) is 26.3 Å². The van der Waals surface area contributed by atoms with E-state index in [1.807, 2.05) is 0 Å². The summed E-state index contributed by atoms with van der Waals surface area (Å²) in [5.74, 6) is -1.40. The van der Waals surface area contributed by atoms with Crippen molar-refractivity contribution in [2.45, 2.75) is 36.6 Å². The molecule has 1 aliphatic heterocycles. The number of ether oxygens (including phenoxy) is 2. The molecule has 0 unspecified atom stereocenters. The summed E-state index contributed by atoms with van der Waals surface area (Å²) >= 11 is 5.91. The smallest absolute Gasteiger partial charge is 0.344 e. The van der Waals surface area contributed by atoms with Crippen molar-refractivity contribution in [2.24, 2.45) is 0 Å². The molecule has 1 saturated heterocycles. The highest BCUT2D eigenvalue weighted by molar-refractivity contribution is 6.28. The van der Waals surface area contributed by atoms with Crippen molar-refractivity contribution in [3.8, 4) is 0 Å². The van der Waals surface area contributed by atoms with Gasteiger partial charge in [0.2, 0.25) is 10.9 Å². The standard InChI is InChI=1S/C21H21ClN8O6/c22-20-27-15(23)12-16(28-20)30(9-25-12)17-14(32)13(31)11(36-17)7-35-21(19(33)34,18-24-8-26-29-18)6-10-4-2-1-3-5-10/h1-5,8-9,11,13-14,17,31-32H,6-7H2,(H,33,34)(H2,23,27,28)(H,24,26,29)/t11-,13-,14-,17-,21-/m1/s1. The zero-order valence-electron chi connectivity index (χ0n) is 18.5. The first-order valence-corrected chi connectivity index (χ1v) is 11.1. The van der Waals surface area contributed by atoms with Crippen LogP contribution in [0.1, 0.15) is 17.6 Å². The first-order chi connectivity index (χ1) is 17.3. The number of nitrogens with zero attached hydrogens (tertiary/aromatic N) is 6. The maximum absolute atomic E-state index is 12.5. The average Bonchev–Trinajstić information content (AvgIpc) is 3.59. The summed E-state index contributed by atoms with van der Waals surface area (Å²) in [6, 6.07) is 8.83. The number of hydrogen-bond acceptors (Lipinski definition) is 11. The fourth-order valence-corrected chi connectivity index (χ4v) is 4.30. The molecule has 3 aromatic heterocycles. The molecule has 188 valence electrons. The maximum atomic E-state index is 12.5. The zero-order chi connectivity index (χ0) is 25.4. The van der Waals surface area contributed by atoms with Crippen LogP contribution in [0.4, 0.5) is 5.82 Å². The van der Waals surface area contributed by atoms with Crippen LogP contribution in [0.15, 0.2) is 43.0 Å². The van der Waals surface area contributed by atoms with E-state index in [4.69, 9.17) is 26.8 Å². The summed E-state index contributed by atoms with van der Waals surface area (Å²) in [5, 5.41) is 37.9. The van der Waals surface area contributed by atoms with Gasteiger partial charge in [-0.2, -0.15) is 15.1 Å². The van der Waals surface area contributed by atoms with Crippen LogP contribution in [-0.4, -0.2) is 80.9 Å². The van der Waals surface area contributed by atoms with E-state index in [2.05, 4.69) is 30.1 Å². The van der Waals surface area contributed by atoms with E-state index in [1.165, 1.54) is 17.2 Å². The molecule has 0 amide bonds. The summed E-state index contributed by atoms with van der Waals surface area (Å²) in [6.45, 7) is -0.410. The van der Waals surface area contributed by atoms with E-state index in [0.29, 0.717) is 5.56 Å². The quantitative estimate of drug-likeness (QED) is 0.197. The molecule has 0 saturated carbocycles. The zero-order valence-corrected chi connectivity index (χ0v) is 19.2. The van der Waals surface area contributed by atoms with Crippen LogP contribution >= 0.6 is 11.6 Å². The molecule has 4 aromatic rings. The van der Waals surface area contributed by atoms with Gasteiger partial charge >= 0.3 is 5.97 Å². The summed E-state index contributed by atoms with van der Waals surface area (Å²) in [6.07, 6.45) is -2.66. The third-order valence-corrected chi connectivity index (χ3v) is 6.11. The Morgan fingerprint density at radius 3 is 2.69 bits per heavy atom. The normalized spacial score (nSPS) is 23.6.